The number of sulfonamides is 1. The zero-order valence-corrected chi connectivity index (χ0v) is 17.3. The summed E-state index contributed by atoms with van der Waals surface area (Å²) in [6.07, 6.45) is 4.32. The summed E-state index contributed by atoms with van der Waals surface area (Å²) in [7, 11) is -3.70. The number of hydrogen-bond acceptors (Lipinski definition) is 8. The van der Waals surface area contributed by atoms with Crippen LogP contribution in [-0.4, -0.2) is 30.5 Å². The van der Waals surface area contributed by atoms with E-state index >= 15 is 0 Å². The van der Waals surface area contributed by atoms with Crippen molar-refractivity contribution in [1.82, 2.24) is 14.7 Å². The third-order valence-electron chi connectivity index (χ3n) is 3.88. The van der Waals surface area contributed by atoms with E-state index < -0.39 is 15.9 Å². The van der Waals surface area contributed by atoms with Gasteiger partial charge < -0.3 is 4.90 Å². The molecule has 10 heteroatoms. The van der Waals surface area contributed by atoms with Crippen molar-refractivity contribution in [2.45, 2.75) is 13.5 Å². The minimum atomic E-state index is -3.70. The van der Waals surface area contributed by atoms with Gasteiger partial charge in [0.1, 0.15) is 5.69 Å². The number of thiazole rings is 1. The van der Waals surface area contributed by atoms with Gasteiger partial charge >= 0.3 is 0 Å². The second-order valence-corrected chi connectivity index (χ2v) is 9.14. The first-order valence-electron chi connectivity index (χ1n) is 8.43. The lowest BCUT2D eigenvalue weighted by molar-refractivity contribution is 0.0977. The Bertz CT molecular complexity index is 1170. The number of amides is 1. The number of nitrogens with zero attached hydrogens (tertiary/aromatic N) is 4. The number of nitriles is 1. The highest BCUT2D eigenvalue weighted by molar-refractivity contribution is 7.89. The van der Waals surface area contributed by atoms with E-state index in [1.54, 1.807) is 43.6 Å². The summed E-state index contributed by atoms with van der Waals surface area (Å²) in [4.78, 5) is 23.3. The zero-order chi connectivity index (χ0) is 21.0. The second-order valence-electron chi connectivity index (χ2n) is 6.21. The number of carbonyl (C=O) groups is 1. The summed E-state index contributed by atoms with van der Waals surface area (Å²) < 4.78 is 24.7. The number of pyridine rings is 1. The van der Waals surface area contributed by atoms with E-state index in [2.05, 4.69) is 16.0 Å². The molecule has 1 amide bonds. The molecule has 0 bridgehead atoms. The monoisotopic (exact) mass is 427 g/mol. The molecule has 0 radical (unpaired) electrons. The first-order chi connectivity index (χ1) is 13.8. The van der Waals surface area contributed by atoms with Gasteiger partial charge in [0.15, 0.2) is 5.13 Å². The molecule has 29 heavy (non-hydrogen) atoms. The van der Waals surface area contributed by atoms with Gasteiger partial charge in [-0.3, -0.25) is 9.78 Å². The molecular weight excluding hydrogens is 410 g/mol. The third kappa shape index (κ3) is 5.16. The van der Waals surface area contributed by atoms with Crippen LogP contribution in [0.2, 0.25) is 0 Å². The topological polar surface area (TPSA) is 116 Å². The van der Waals surface area contributed by atoms with Crippen molar-refractivity contribution in [1.29, 1.82) is 5.26 Å². The van der Waals surface area contributed by atoms with Gasteiger partial charge in [0, 0.05) is 23.0 Å². The van der Waals surface area contributed by atoms with E-state index in [4.69, 9.17) is 5.26 Å². The number of benzene rings is 1. The van der Waals surface area contributed by atoms with Gasteiger partial charge in [0.2, 0.25) is 10.0 Å². The fourth-order valence-electron chi connectivity index (χ4n) is 2.58. The number of aromatic nitrogens is 2. The van der Waals surface area contributed by atoms with E-state index in [0.29, 0.717) is 22.1 Å². The minimum absolute atomic E-state index is 0.0558. The van der Waals surface area contributed by atoms with Gasteiger partial charge in [-0.1, -0.05) is 6.07 Å². The molecular formula is C19H17N5O3S2. The average molecular weight is 428 g/mol. The maximum absolute atomic E-state index is 12.3. The van der Waals surface area contributed by atoms with E-state index in [1.807, 2.05) is 21.8 Å². The molecule has 0 fully saturated rings. The van der Waals surface area contributed by atoms with Gasteiger partial charge in [-0.25, -0.2) is 18.1 Å². The van der Waals surface area contributed by atoms with Gasteiger partial charge in [0.05, 0.1) is 24.4 Å². The normalized spacial score (nSPS) is 10.9. The van der Waals surface area contributed by atoms with E-state index in [9.17, 15) is 13.2 Å². The molecule has 2 aromatic heterocycles. The van der Waals surface area contributed by atoms with Gasteiger partial charge in [-0.15, -0.1) is 11.3 Å². The second kappa shape index (κ2) is 8.38. The van der Waals surface area contributed by atoms with Crippen LogP contribution in [0.25, 0.3) is 0 Å². The highest BCUT2D eigenvalue weighted by atomic mass is 32.2. The van der Waals surface area contributed by atoms with Crippen LogP contribution >= 0.6 is 11.3 Å². The van der Waals surface area contributed by atoms with E-state index in [1.165, 1.54) is 11.3 Å². The molecule has 0 atom stereocenters. The Kier molecular flexibility index (Phi) is 5.91. The van der Waals surface area contributed by atoms with Crippen molar-refractivity contribution >= 4 is 38.1 Å². The SMILES string of the molecule is Cc1sc(N(Cc2cccnc2)c2ccc(C#N)cc2)nc1C(=O)NS(C)(=O)=O. The molecule has 1 N–H and O–H groups in total. The smallest absolute Gasteiger partial charge is 0.284 e. The molecule has 0 spiro atoms. The maximum Gasteiger partial charge on any atom is 0.284 e. The molecule has 0 aliphatic carbocycles. The molecule has 148 valence electrons. The predicted octanol–water partition coefficient (Wildman–Crippen LogP) is 2.75. The lowest BCUT2D eigenvalue weighted by Crippen LogP contribution is -2.30. The molecule has 8 nitrogen and oxygen atoms in total. The standard InChI is InChI=1S/C19H17N5O3S2/c1-13-17(18(25)23-29(2,26)27)22-19(28-13)24(12-15-4-3-9-21-11-15)16-7-5-14(10-20)6-8-16/h3-9,11H,12H2,1-2H3,(H,23,25). The van der Waals surface area contributed by atoms with Gasteiger partial charge in [0.25, 0.3) is 5.91 Å². The predicted molar refractivity (Wildman–Crippen MR) is 110 cm³/mol. The lowest BCUT2D eigenvalue weighted by Gasteiger charge is -2.22. The van der Waals surface area contributed by atoms with Crippen molar-refractivity contribution in [2.24, 2.45) is 0 Å². The Balaban J connectivity index is 2.00. The van der Waals surface area contributed by atoms with Crippen LogP contribution in [-0.2, 0) is 16.6 Å². The van der Waals surface area contributed by atoms with Crippen LogP contribution in [0.1, 0.15) is 26.5 Å². The Morgan fingerprint density at radius 1 is 1.28 bits per heavy atom. The maximum atomic E-state index is 12.3. The van der Waals surface area contributed by atoms with Crippen molar-refractivity contribution in [3.05, 3.63) is 70.5 Å². The molecule has 3 rings (SSSR count). The van der Waals surface area contributed by atoms with Crippen molar-refractivity contribution < 1.29 is 13.2 Å². The molecule has 0 saturated carbocycles. The number of aryl methyl sites for hydroxylation is 1. The van der Waals surface area contributed by atoms with Crippen molar-refractivity contribution in [3.63, 3.8) is 0 Å². The zero-order valence-electron chi connectivity index (χ0n) is 15.7. The summed E-state index contributed by atoms with van der Waals surface area (Å²) in [5.41, 5.74) is 2.28. The Hall–Kier alpha value is -3.29. The molecule has 0 unspecified atom stereocenters. The van der Waals surface area contributed by atoms with Crippen molar-refractivity contribution in [3.8, 4) is 6.07 Å². The molecule has 0 aliphatic rings. The molecule has 0 aliphatic heterocycles. The van der Waals surface area contributed by atoms with Crippen LogP contribution < -0.4 is 9.62 Å². The first kappa shape index (κ1) is 20.4. The molecule has 1 aromatic carbocycles. The molecule has 0 saturated heterocycles. The Morgan fingerprint density at radius 2 is 2.00 bits per heavy atom. The third-order valence-corrected chi connectivity index (χ3v) is 5.43. The first-order valence-corrected chi connectivity index (χ1v) is 11.1. The van der Waals surface area contributed by atoms with Crippen molar-refractivity contribution in [2.75, 3.05) is 11.2 Å². The molecule has 2 heterocycles. The highest BCUT2D eigenvalue weighted by Gasteiger charge is 2.22. The summed E-state index contributed by atoms with van der Waals surface area (Å²) in [5, 5.41) is 9.56. The summed E-state index contributed by atoms with van der Waals surface area (Å²) in [6.45, 7) is 2.14. The fourth-order valence-corrected chi connectivity index (χ4v) is 3.94. The van der Waals surface area contributed by atoms with Crippen LogP contribution in [0, 0.1) is 18.3 Å². The summed E-state index contributed by atoms with van der Waals surface area (Å²) >= 11 is 1.27. The highest BCUT2D eigenvalue weighted by Crippen LogP contribution is 2.33. The van der Waals surface area contributed by atoms with Crippen LogP contribution in [0.3, 0.4) is 0 Å². The Morgan fingerprint density at radius 3 is 2.59 bits per heavy atom. The lowest BCUT2D eigenvalue weighted by atomic mass is 10.2. The van der Waals surface area contributed by atoms with Crippen LogP contribution in [0.5, 0.6) is 0 Å². The van der Waals surface area contributed by atoms with Gasteiger partial charge in [-0.05, 0) is 42.8 Å². The Labute approximate surface area is 172 Å². The van der Waals surface area contributed by atoms with Gasteiger partial charge in [-0.2, -0.15) is 5.26 Å². The quantitative estimate of drug-likeness (QED) is 0.643. The number of nitrogens with one attached hydrogen (secondary N) is 1. The minimum Gasteiger partial charge on any atom is -0.313 e. The molecule has 3 aromatic rings. The number of carbonyl (C=O) groups excluding carboxylic acids is 1. The number of rotatable bonds is 6. The fraction of sp³-hybridized carbons (Fsp3) is 0.158. The number of hydrogen-bond donors (Lipinski definition) is 1. The van der Waals surface area contributed by atoms with E-state index in [0.717, 1.165) is 17.5 Å². The average Bonchev–Trinajstić information content (AvgIpc) is 3.07. The largest absolute Gasteiger partial charge is 0.313 e. The number of anilines is 2. The van der Waals surface area contributed by atoms with Crippen LogP contribution in [0.15, 0.2) is 48.8 Å². The summed E-state index contributed by atoms with van der Waals surface area (Å²) in [5.74, 6) is -0.770. The van der Waals surface area contributed by atoms with Crippen LogP contribution in [0.4, 0.5) is 10.8 Å². The summed E-state index contributed by atoms with van der Waals surface area (Å²) in [6, 6.07) is 12.8. The van der Waals surface area contributed by atoms with E-state index in [-0.39, 0.29) is 5.69 Å².